The third-order valence-electron chi connectivity index (χ3n) is 7.69. The maximum Gasteiger partial charge on any atom is 0.243 e. The van der Waals surface area contributed by atoms with E-state index in [9.17, 15) is 8.42 Å². The van der Waals surface area contributed by atoms with Crippen molar-refractivity contribution in [2.45, 2.75) is 110 Å². The van der Waals surface area contributed by atoms with Crippen LogP contribution < -0.4 is 14.0 Å². The number of aromatic nitrogens is 1. The molecule has 0 fully saturated rings. The molecule has 42 heavy (non-hydrogen) atoms. The minimum Gasteiger partial charge on any atom is -0.493 e. The molecule has 1 heterocycles. The smallest absolute Gasteiger partial charge is 0.243 e. The molecule has 0 spiro atoms. The number of aryl methyl sites for hydroxylation is 2. The van der Waals surface area contributed by atoms with Gasteiger partial charge < -0.3 is 9.47 Å². The zero-order valence-electron chi connectivity index (χ0n) is 26.2. The largest absolute Gasteiger partial charge is 0.493 e. The molecule has 1 aromatic heterocycles. The summed E-state index contributed by atoms with van der Waals surface area (Å²) in [4.78, 5) is 0.288. The molecule has 0 unspecified atom stereocenters. The molecular weight excluding hydrogens is 544 g/mol. The van der Waals surface area contributed by atoms with E-state index in [1.54, 1.807) is 19.2 Å². The van der Waals surface area contributed by atoms with Crippen LogP contribution in [0, 0.1) is 6.92 Å². The quantitative estimate of drug-likeness (QED) is 0.0981. The van der Waals surface area contributed by atoms with Crippen LogP contribution in [0.4, 0.5) is 0 Å². The number of unbranched alkanes of at least 4 members (excludes halogenated alkanes) is 9. The molecule has 0 N–H and O–H groups in total. The molecule has 3 rings (SSSR count). The van der Waals surface area contributed by atoms with Crippen molar-refractivity contribution in [2.24, 2.45) is 0 Å². The van der Waals surface area contributed by atoms with Crippen LogP contribution in [0.15, 0.2) is 71.9 Å². The number of methoxy groups -OCH3 is 1. The molecule has 0 aliphatic rings. The first-order valence-electron chi connectivity index (χ1n) is 15.7. The Bertz CT molecular complexity index is 1290. The Balaban J connectivity index is 1.62. The second kappa shape index (κ2) is 17.9. The van der Waals surface area contributed by atoms with E-state index < -0.39 is 10.0 Å². The van der Waals surface area contributed by atoms with Gasteiger partial charge in [0.2, 0.25) is 10.0 Å². The van der Waals surface area contributed by atoms with Crippen molar-refractivity contribution in [3.8, 4) is 11.5 Å². The summed E-state index contributed by atoms with van der Waals surface area (Å²) in [6.45, 7) is 8.27. The van der Waals surface area contributed by atoms with Gasteiger partial charge in [-0.2, -0.15) is 4.31 Å². The Morgan fingerprint density at radius 3 is 1.90 bits per heavy atom. The zero-order valence-corrected chi connectivity index (χ0v) is 27.0. The predicted molar refractivity (Wildman–Crippen MR) is 170 cm³/mol. The van der Waals surface area contributed by atoms with Crippen LogP contribution in [-0.2, 0) is 29.7 Å². The molecular formula is C35H51N2O4S+. The maximum absolute atomic E-state index is 13.8. The second-order valence-corrected chi connectivity index (χ2v) is 13.1. The zero-order chi connectivity index (χ0) is 30.2. The van der Waals surface area contributed by atoms with E-state index in [1.165, 1.54) is 62.1 Å². The number of ether oxygens (including phenoxy) is 2. The summed E-state index contributed by atoms with van der Waals surface area (Å²) in [5.74, 6) is 1.31. The molecule has 0 aliphatic carbocycles. The molecule has 6 nitrogen and oxygen atoms in total. The Labute approximate surface area is 254 Å². The third-order valence-corrected chi connectivity index (χ3v) is 9.49. The molecule has 0 aliphatic heterocycles. The summed E-state index contributed by atoms with van der Waals surface area (Å²) in [5.41, 5.74) is 2.79. The number of hydrogen-bond acceptors (Lipinski definition) is 4. The lowest BCUT2D eigenvalue weighted by Crippen LogP contribution is -2.33. The Hall–Kier alpha value is -2.90. The van der Waals surface area contributed by atoms with Gasteiger partial charge in [0.1, 0.15) is 6.54 Å². The number of pyridine rings is 1. The molecule has 7 heteroatoms. The first-order chi connectivity index (χ1) is 20.4. The van der Waals surface area contributed by atoms with Gasteiger partial charge in [-0.25, -0.2) is 13.0 Å². The maximum atomic E-state index is 13.8. The molecule has 2 aromatic carbocycles. The third kappa shape index (κ3) is 10.7. The fourth-order valence-corrected chi connectivity index (χ4v) is 6.41. The van der Waals surface area contributed by atoms with Crippen LogP contribution in [0.2, 0.25) is 0 Å². The van der Waals surface area contributed by atoms with Gasteiger partial charge in [-0.15, -0.1) is 0 Å². The lowest BCUT2D eigenvalue weighted by molar-refractivity contribution is -0.693. The van der Waals surface area contributed by atoms with Crippen molar-refractivity contribution in [2.75, 3.05) is 13.7 Å². The first kappa shape index (κ1) is 33.6. The summed E-state index contributed by atoms with van der Waals surface area (Å²) in [6.07, 6.45) is 16.8. The predicted octanol–water partition coefficient (Wildman–Crippen LogP) is 8.00. The van der Waals surface area contributed by atoms with Crippen LogP contribution in [0.25, 0.3) is 0 Å². The van der Waals surface area contributed by atoms with Crippen molar-refractivity contribution < 1.29 is 22.5 Å². The highest BCUT2D eigenvalue weighted by Crippen LogP contribution is 2.30. The molecule has 230 valence electrons. The van der Waals surface area contributed by atoms with Crippen LogP contribution in [-0.4, -0.2) is 26.4 Å². The summed E-state index contributed by atoms with van der Waals surface area (Å²) >= 11 is 0. The fraction of sp³-hybridized carbons (Fsp3) is 0.514. The van der Waals surface area contributed by atoms with Gasteiger partial charge in [-0.1, -0.05) is 88.5 Å². The van der Waals surface area contributed by atoms with Crippen molar-refractivity contribution in [1.82, 2.24) is 4.31 Å². The number of nitrogens with zero attached hydrogens (tertiary/aromatic N) is 2. The van der Waals surface area contributed by atoms with Gasteiger partial charge in [-0.05, 0) is 55.7 Å². The van der Waals surface area contributed by atoms with Crippen LogP contribution in [0.3, 0.4) is 0 Å². The van der Waals surface area contributed by atoms with Crippen LogP contribution in [0.1, 0.15) is 94.7 Å². The summed E-state index contributed by atoms with van der Waals surface area (Å²) in [6, 6.07) is 16.7. The average Bonchev–Trinajstić information content (AvgIpc) is 3.00. The van der Waals surface area contributed by atoms with Gasteiger partial charge in [0.25, 0.3) is 0 Å². The summed E-state index contributed by atoms with van der Waals surface area (Å²) < 4.78 is 42.9. The van der Waals surface area contributed by atoms with Crippen molar-refractivity contribution in [1.29, 1.82) is 0 Å². The van der Waals surface area contributed by atoms with Crippen LogP contribution >= 0.6 is 0 Å². The van der Waals surface area contributed by atoms with E-state index in [4.69, 9.17) is 9.47 Å². The summed E-state index contributed by atoms with van der Waals surface area (Å²) in [5, 5.41) is 0. The van der Waals surface area contributed by atoms with E-state index in [0.29, 0.717) is 18.1 Å². The first-order valence-corrected chi connectivity index (χ1v) is 17.2. The van der Waals surface area contributed by atoms with Gasteiger partial charge in [0.15, 0.2) is 23.9 Å². The van der Waals surface area contributed by atoms with Gasteiger partial charge in [-0.3, -0.25) is 0 Å². The SMILES string of the molecule is CCCCCCCCCCCCOc1ccc(CN(Cc2cc[n+](CC)cc2)S(=O)(=O)c2ccc(C)cc2)cc1OC. The van der Waals surface area contributed by atoms with Crippen molar-refractivity contribution in [3.63, 3.8) is 0 Å². The van der Waals surface area contributed by atoms with E-state index in [0.717, 1.165) is 29.7 Å². The van der Waals surface area contributed by atoms with Gasteiger partial charge >= 0.3 is 0 Å². The fourth-order valence-electron chi connectivity index (χ4n) is 5.00. The molecule has 0 saturated carbocycles. The molecule has 3 aromatic rings. The van der Waals surface area contributed by atoms with E-state index >= 15 is 0 Å². The molecule has 0 atom stereocenters. The number of sulfonamides is 1. The highest BCUT2D eigenvalue weighted by Gasteiger charge is 2.26. The van der Waals surface area contributed by atoms with E-state index in [2.05, 4.69) is 18.4 Å². The second-order valence-electron chi connectivity index (χ2n) is 11.1. The average molecular weight is 596 g/mol. The normalized spacial score (nSPS) is 11.6. The topological polar surface area (TPSA) is 59.7 Å². The van der Waals surface area contributed by atoms with E-state index in [1.807, 2.05) is 61.8 Å². The van der Waals surface area contributed by atoms with E-state index in [-0.39, 0.29) is 18.0 Å². The molecule has 0 saturated heterocycles. The molecule has 0 radical (unpaired) electrons. The lowest BCUT2D eigenvalue weighted by Gasteiger charge is -2.23. The number of rotatable bonds is 20. The minimum absolute atomic E-state index is 0.216. The minimum atomic E-state index is -3.74. The Morgan fingerprint density at radius 2 is 1.31 bits per heavy atom. The standard InChI is InChI=1S/C35H51N2O4S/c1-5-7-8-9-10-11-12-13-14-15-26-41-34-21-18-32(27-35(34)40-4)29-37(28-31-22-24-36(6-2)25-23-31)42(38,39)33-19-16-30(3)17-20-33/h16-25,27H,5-15,26,28-29H2,1-4H3/q+1. The molecule has 0 bridgehead atoms. The lowest BCUT2D eigenvalue weighted by atomic mass is 10.1. The highest BCUT2D eigenvalue weighted by molar-refractivity contribution is 7.89. The van der Waals surface area contributed by atoms with Crippen molar-refractivity contribution in [3.05, 3.63) is 83.7 Å². The monoisotopic (exact) mass is 595 g/mol. The highest BCUT2D eigenvalue weighted by atomic mass is 32.2. The Morgan fingerprint density at radius 1 is 0.714 bits per heavy atom. The van der Waals surface area contributed by atoms with Gasteiger partial charge in [0, 0.05) is 25.2 Å². The molecule has 0 amide bonds. The van der Waals surface area contributed by atoms with Crippen LogP contribution in [0.5, 0.6) is 11.5 Å². The Kier molecular flexibility index (Phi) is 14.3. The summed E-state index contributed by atoms with van der Waals surface area (Å²) in [7, 11) is -2.11. The number of benzene rings is 2. The van der Waals surface area contributed by atoms with Gasteiger partial charge in [0.05, 0.1) is 18.6 Å². The number of hydrogen-bond donors (Lipinski definition) is 0. The van der Waals surface area contributed by atoms with Crippen molar-refractivity contribution >= 4 is 10.0 Å².